The molecule has 5 aliphatic rings. The van der Waals surface area contributed by atoms with Crippen molar-refractivity contribution in [3.63, 3.8) is 0 Å². The number of rotatable bonds is 10. The van der Waals surface area contributed by atoms with Crippen molar-refractivity contribution in [3.8, 4) is 29.1 Å². The Bertz CT molecular complexity index is 3220. The summed E-state index contributed by atoms with van der Waals surface area (Å²) < 4.78 is 25.4. The van der Waals surface area contributed by atoms with E-state index in [1.54, 1.807) is 16.8 Å². The molecule has 0 aliphatic carbocycles. The Balaban J connectivity index is 1.00. The third kappa shape index (κ3) is 7.71. The molecule has 7 aromatic rings. The minimum absolute atomic E-state index is 0.0921. The number of piperazine rings is 1. The van der Waals surface area contributed by atoms with Gasteiger partial charge in [-0.2, -0.15) is 0 Å². The van der Waals surface area contributed by atoms with Crippen LogP contribution in [0, 0.1) is 17.8 Å². The molecule has 0 bridgehead atoms. The second-order valence-electron chi connectivity index (χ2n) is 18.4. The van der Waals surface area contributed by atoms with Gasteiger partial charge in [0.2, 0.25) is 18.6 Å². The number of cyclic esters (lactones) is 1. The fourth-order valence-corrected chi connectivity index (χ4v) is 11.4. The molecule has 0 radical (unpaired) electrons. The molecule has 15 nitrogen and oxygen atoms in total. The van der Waals surface area contributed by atoms with Crippen molar-refractivity contribution in [2.24, 2.45) is 5.92 Å². The fourth-order valence-electron chi connectivity index (χ4n) is 11.4. The highest BCUT2D eigenvalue weighted by atomic mass is 16.7. The summed E-state index contributed by atoms with van der Waals surface area (Å²) in [6.07, 6.45) is -0.809. The van der Waals surface area contributed by atoms with Crippen LogP contribution in [0.5, 0.6) is 17.2 Å². The van der Waals surface area contributed by atoms with Crippen molar-refractivity contribution in [2.45, 2.75) is 42.7 Å². The van der Waals surface area contributed by atoms with E-state index >= 15 is 14.4 Å². The highest BCUT2D eigenvalue weighted by Gasteiger charge is 2.74. The molecule has 0 unspecified atom stereocenters. The van der Waals surface area contributed by atoms with E-state index in [9.17, 15) is 5.11 Å². The molecule has 5 aliphatic heterocycles. The van der Waals surface area contributed by atoms with Crippen LogP contribution >= 0.6 is 0 Å². The molecule has 2 N–H and O–H groups in total. The van der Waals surface area contributed by atoms with E-state index < -0.39 is 47.4 Å². The standard InChI is InChI=1S/C56H49N7O8/c64-30-31-68-41-21-19-40(20-22-41)52-56(42-32-36(17-23-43(42)57-55(56)67)10-9-25-62-45-16-8-7-15-44(45)58-59-62)48(53(65)61-28-26-60(27-29-61)34-37-18-24-46-47(33-37)70-35-69-46)50-54(66)71-51(39-13-5-2-6-14-39)49(63(50)52)38-11-3-1-4-12-38/h1-8,11-24,32-33,48-52,64H,25-31,34-35H2,(H,57,67)/t48-,49-,50-,51+,52+,56-/m0/s1. The number of fused-ring (bicyclic) bond motifs is 5. The monoisotopic (exact) mass is 947 g/mol. The van der Waals surface area contributed by atoms with Crippen molar-refractivity contribution in [3.05, 3.63) is 179 Å². The minimum atomic E-state index is -1.69. The lowest BCUT2D eigenvalue weighted by Gasteiger charge is -2.46. The van der Waals surface area contributed by atoms with E-state index in [0.717, 1.165) is 33.5 Å². The van der Waals surface area contributed by atoms with E-state index in [-0.39, 0.29) is 32.5 Å². The molecule has 2 amide bonds. The number of nitrogens with zero attached hydrogens (tertiary/aromatic N) is 6. The number of aromatic nitrogens is 3. The molecule has 12 rings (SSSR count). The Kier molecular flexibility index (Phi) is 11.4. The highest BCUT2D eigenvalue weighted by molar-refractivity contribution is 6.12. The first-order valence-electron chi connectivity index (χ1n) is 23.9. The van der Waals surface area contributed by atoms with E-state index in [2.05, 4.69) is 37.3 Å². The molecule has 6 heterocycles. The van der Waals surface area contributed by atoms with E-state index in [0.29, 0.717) is 66.6 Å². The molecule has 0 saturated carbocycles. The Morgan fingerprint density at radius 3 is 2.32 bits per heavy atom. The third-order valence-electron chi connectivity index (χ3n) is 14.5. The number of aliphatic hydroxyl groups excluding tert-OH is 1. The summed E-state index contributed by atoms with van der Waals surface area (Å²) in [5.41, 5.74) is 5.02. The maximum atomic E-state index is 16.1. The summed E-state index contributed by atoms with van der Waals surface area (Å²) in [5, 5.41) is 21.4. The molecule has 1 aromatic heterocycles. The van der Waals surface area contributed by atoms with E-state index in [4.69, 9.17) is 18.9 Å². The molecule has 6 aromatic carbocycles. The van der Waals surface area contributed by atoms with Crippen LogP contribution in [-0.2, 0) is 37.6 Å². The second-order valence-corrected chi connectivity index (χ2v) is 18.4. The van der Waals surface area contributed by atoms with Crippen LogP contribution in [0.1, 0.15) is 51.6 Å². The number of aliphatic hydroxyl groups is 1. The number of amides is 2. The Morgan fingerprint density at radius 2 is 1.54 bits per heavy atom. The smallest absolute Gasteiger partial charge is 0.324 e. The molecule has 1 spiro atoms. The van der Waals surface area contributed by atoms with E-state index in [1.165, 1.54) is 0 Å². The predicted molar refractivity (Wildman–Crippen MR) is 261 cm³/mol. The molecule has 3 fully saturated rings. The third-order valence-corrected chi connectivity index (χ3v) is 14.5. The van der Waals surface area contributed by atoms with Crippen LogP contribution < -0.4 is 19.5 Å². The van der Waals surface area contributed by atoms with Gasteiger partial charge in [-0.1, -0.05) is 108 Å². The zero-order valence-electron chi connectivity index (χ0n) is 38.6. The van der Waals surface area contributed by atoms with Gasteiger partial charge in [-0.25, -0.2) is 4.68 Å². The molecule has 15 heteroatoms. The van der Waals surface area contributed by atoms with Crippen LogP contribution in [0.4, 0.5) is 5.69 Å². The largest absolute Gasteiger partial charge is 0.491 e. The Morgan fingerprint density at radius 1 is 0.789 bits per heavy atom. The topological polar surface area (TPSA) is 161 Å². The van der Waals surface area contributed by atoms with Crippen molar-refractivity contribution in [2.75, 3.05) is 51.5 Å². The number of ether oxygens (including phenoxy) is 4. The number of nitrogens with one attached hydrogen (secondary N) is 1. The van der Waals surface area contributed by atoms with Crippen molar-refractivity contribution in [1.82, 2.24) is 29.7 Å². The van der Waals surface area contributed by atoms with Crippen molar-refractivity contribution < 1.29 is 38.4 Å². The van der Waals surface area contributed by atoms with Gasteiger partial charge < -0.3 is 34.3 Å². The lowest BCUT2D eigenvalue weighted by atomic mass is 9.65. The van der Waals surface area contributed by atoms with Crippen LogP contribution in [0.3, 0.4) is 0 Å². The number of anilines is 1. The van der Waals surface area contributed by atoms with Gasteiger partial charge in [0.25, 0.3) is 0 Å². The van der Waals surface area contributed by atoms with Crippen molar-refractivity contribution in [1.29, 1.82) is 0 Å². The number of carbonyl (C=O) groups excluding carboxylic acids is 3. The zero-order chi connectivity index (χ0) is 48.1. The summed E-state index contributed by atoms with van der Waals surface area (Å²) >= 11 is 0. The van der Waals surface area contributed by atoms with Gasteiger partial charge in [-0.3, -0.25) is 24.2 Å². The quantitative estimate of drug-likeness (QED) is 0.118. The van der Waals surface area contributed by atoms with Gasteiger partial charge in [0.15, 0.2) is 11.5 Å². The minimum Gasteiger partial charge on any atom is -0.491 e. The normalized spacial score (nSPS) is 23.5. The van der Waals surface area contributed by atoms with Gasteiger partial charge in [-0.15, -0.1) is 5.10 Å². The molecule has 6 atom stereocenters. The summed E-state index contributed by atoms with van der Waals surface area (Å²) in [7, 11) is 0. The number of benzene rings is 6. The molecular formula is C56H49N7O8. The molecule has 356 valence electrons. The number of hydrogen-bond donors (Lipinski definition) is 2. The summed E-state index contributed by atoms with van der Waals surface area (Å²) in [6, 6.07) is 43.4. The van der Waals surface area contributed by atoms with Crippen LogP contribution in [0.2, 0.25) is 0 Å². The fraction of sp³-hybridized carbons (Fsp3) is 0.268. The van der Waals surface area contributed by atoms with Crippen LogP contribution in [-0.4, -0.2) is 105 Å². The van der Waals surface area contributed by atoms with Gasteiger partial charge >= 0.3 is 5.97 Å². The van der Waals surface area contributed by atoms with Crippen LogP contribution in [0.25, 0.3) is 11.0 Å². The molecule has 71 heavy (non-hydrogen) atoms. The van der Waals surface area contributed by atoms with Gasteiger partial charge in [0.1, 0.15) is 42.0 Å². The van der Waals surface area contributed by atoms with E-state index in [1.807, 2.05) is 138 Å². The Labute approximate surface area is 409 Å². The first-order chi connectivity index (χ1) is 34.9. The van der Waals surface area contributed by atoms with Crippen molar-refractivity contribution >= 4 is 34.5 Å². The summed E-state index contributed by atoms with van der Waals surface area (Å²) in [6.45, 7) is 2.87. The maximum absolute atomic E-state index is 16.1. The lowest BCUT2D eigenvalue weighted by Crippen LogP contribution is -2.58. The number of para-hydroxylation sites is 1. The number of esters is 1. The Hall–Kier alpha value is -8.03. The summed E-state index contributed by atoms with van der Waals surface area (Å²) in [4.78, 5) is 53.6. The number of carbonyl (C=O) groups is 3. The highest BCUT2D eigenvalue weighted by Crippen LogP contribution is 2.65. The number of morpholine rings is 1. The van der Waals surface area contributed by atoms with Gasteiger partial charge in [0.05, 0.1) is 30.1 Å². The van der Waals surface area contributed by atoms with Gasteiger partial charge in [0, 0.05) is 44.0 Å². The number of hydrogen-bond acceptors (Lipinski definition) is 12. The molecular weight excluding hydrogens is 899 g/mol. The lowest BCUT2D eigenvalue weighted by molar-refractivity contribution is -0.179. The summed E-state index contributed by atoms with van der Waals surface area (Å²) in [5.74, 6) is 5.99. The maximum Gasteiger partial charge on any atom is 0.324 e. The van der Waals surface area contributed by atoms with Gasteiger partial charge in [-0.05, 0) is 82.4 Å². The van der Waals surface area contributed by atoms with Crippen LogP contribution in [0.15, 0.2) is 146 Å². The first-order valence-corrected chi connectivity index (χ1v) is 23.9. The average molecular weight is 948 g/mol. The molecule has 3 saturated heterocycles. The first kappa shape index (κ1) is 44.2. The zero-order valence-corrected chi connectivity index (χ0v) is 38.6. The average Bonchev–Trinajstić information content (AvgIpc) is 4.20. The second kappa shape index (κ2) is 18.4. The SMILES string of the molecule is O=C1O[C@H](c2ccccc2)[C@H](c2ccccc2)N2[C@H]1[C@@H](C(=O)N1CCN(Cc3ccc4c(c3)OCO4)CC1)[C@]1(C(=O)Nc3ccc(C#CCn4nnc5ccccc54)cc31)[C@H]2c1ccc(OCCO)cc1. The predicted octanol–water partition coefficient (Wildman–Crippen LogP) is 6.20.